The van der Waals surface area contributed by atoms with Crippen molar-refractivity contribution in [1.82, 2.24) is 5.32 Å². The van der Waals surface area contributed by atoms with Gasteiger partial charge in [0.15, 0.2) is 0 Å². The predicted molar refractivity (Wildman–Crippen MR) is 100 cm³/mol. The number of carbonyl (C=O) groups excluding carboxylic acids is 1. The minimum atomic E-state index is -0.698. The van der Waals surface area contributed by atoms with Crippen LogP contribution in [0.2, 0.25) is 0 Å². The molecule has 0 saturated heterocycles. The van der Waals surface area contributed by atoms with E-state index in [0.29, 0.717) is 5.56 Å². The van der Waals surface area contributed by atoms with Gasteiger partial charge in [0.25, 0.3) is 5.91 Å². The van der Waals surface area contributed by atoms with Gasteiger partial charge in [-0.05, 0) is 29.8 Å². The van der Waals surface area contributed by atoms with E-state index in [-0.39, 0.29) is 33.5 Å². The second-order valence-corrected chi connectivity index (χ2v) is 5.66. The Kier molecular flexibility index (Phi) is 11.8. The molecule has 0 bridgehead atoms. The summed E-state index contributed by atoms with van der Waals surface area (Å²) in [6.45, 7) is 4.19. The molecule has 0 spiro atoms. The van der Waals surface area contributed by atoms with Gasteiger partial charge in [-0.15, -0.1) is 0 Å². The number of benzene rings is 2. The van der Waals surface area contributed by atoms with E-state index in [4.69, 9.17) is 0 Å². The summed E-state index contributed by atoms with van der Waals surface area (Å²) in [5.74, 6) is -0.185. The summed E-state index contributed by atoms with van der Waals surface area (Å²) in [4.78, 5) is 14.0. The quantitative estimate of drug-likeness (QED) is 0.606. The Bertz CT molecular complexity index is 601. The first-order valence-electron chi connectivity index (χ1n) is 8.02. The zero-order chi connectivity index (χ0) is 17.9. The Hall–Kier alpha value is -1.64. The maximum absolute atomic E-state index is 12.0. The van der Waals surface area contributed by atoms with Crippen molar-refractivity contribution in [3.63, 3.8) is 0 Å². The van der Waals surface area contributed by atoms with Crippen molar-refractivity contribution >= 4 is 11.6 Å². The smallest absolute Gasteiger partial charge is 0.251 e. The molecule has 0 aliphatic carbocycles. The molecule has 1 atom stereocenters. The molecule has 2 rings (SSSR count). The average Bonchev–Trinajstić information content (AvgIpc) is 2.61. The number of aliphatic hydroxyl groups excluding tert-OH is 1. The molecule has 2 N–H and O–H groups in total. The molecule has 4 nitrogen and oxygen atoms in total. The van der Waals surface area contributed by atoms with Gasteiger partial charge in [0.2, 0.25) is 0 Å². The molecular formula is C20H27N2O2W-. The van der Waals surface area contributed by atoms with Crippen LogP contribution in [-0.2, 0) is 21.1 Å². The number of anilines is 1. The van der Waals surface area contributed by atoms with Gasteiger partial charge in [-0.25, -0.2) is 0 Å². The second-order valence-electron chi connectivity index (χ2n) is 5.66. The molecule has 0 aliphatic rings. The van der Waals surface area contributed by atoms with Crippen LogP contribution in [0.25, 0.3) is 0 Å². The maximum atomic E-state index is 12.0. The predicted octanol–water partition coefficient (Wildman–Crippen LogP) is 3.44. The van der Waals surface area contributed by atoms with E-state index in [9.17, 15) is 9.90 Å². The number of hydrogen-bond donors (Lipinski definition) is 2. The molecule has 2 aromatic carbocycles. The van der Waals surface area contributed by atoms with Gasteiger partial charge in [0.05, 0.1) is 6.10 Å². The summed E-state index contributed by atoms with van der Waals surface area (Å²) in [6.07, 6.45) is 1.30. The monoisotopic (exact) mass is 511 g/mol. The van der Waals surface area contributed by atoms with Crippen molar-refractivity contribution in [3.8, 4) is 0 Å². The fourth-order valence-corrected chi connectivity index (χ4v) is 2.00. The van der Waals surface area contributed by atoms with Gasteiger partial charge < -0.3 is 21.7 Å². The summed E-state index contributed by atoms with van der Waals surface area (Å²) < 4.78 is 0. The first kappa shape index (κ1) is 23.4. The summed E-state index contributed by atoms with van der Waals surface area (Å²) in [7, 11) is 3.90. The third-order valence-electron chi connectivity index (χ3n) is 3.29. The topological polar surface area (TPSA) is 52.6 Å². The largest absolute Gasteiger partial charge is 0.387 e. The van der Waals surface area contributed by atoms with Crippen LogP contribution in [0.3, 0.4) is 0 Å². The zero-order valence-electron chi connectivity index (χ0n) is 15.3. The Morgan fingerprint density at radius 1 is 1.08 bits per heavy atom. The Labute approximate surface area is 165 Å². The maximum Gasteiger partial charge on any atom is 0.251 e. The molecule has 1 unspecified atom stereocenters. The summed E-state index contributed by atoms with van der Waals surface area (Å²) in [6, 6.07) is 16.6. The summed E-state index contributed by atoms with van der Waals surface area (Å²) in [5.41, 5.74) is 2.41. The molecule has 1 amide bonds. The van der Waals surface area contributed by atoms with Crippen molar-refractivity contribution in [2.45, 2.75) is 20.0 Å². The molecule has 5 heteroatoms. The van der Waals surface area contributed by atoms with E-state index in [2.05, 4.69) is 5.32 Å². The first-order chi connectivity index (χ1) is 11.5. The SMILES string of the molecule is CN(C)c1ccc(C(=O)NCC(O)c2ccccc2)cc1.C[CH-]C.[W]. The van der Waals surface area contributed by atoms with Crippen LogP contribution in [0.5, 0.6) is 0 Å². The molecule has 0 aromatic heterocycles. The van der Waals surface area contributed by atoms with Gasteiger partial charge in [-0.2, -0.15) is 13.8 Å². The van der Waals surface area contributed by atoms with E-state index >= 15 is 0 Å². The van der Waals surface area contributed by atoms with E-state index in [1.807, 2.05) is 81.7 Å². The number of nitrogens with zero attached hydrogens (tertiary/aromatic N) is 1. The zero-order valence-corrected chi connectivity index (χ0v) is 18.2. The van der Waals surface area contributed by atoms with Crippen LogP contribution in [-0.4, -0.2) is 31.7 Å². The van der Waals surface area contributed by atoms with E-state index in [0.717, 1.165) is 11.3 Å². The van der Waals surface area contributed by atoms with Gasteiger partial charge >= 0.3 is 0 Å². The van der Waals surface area contributed by atoms with Crippen LogP contribution >= 0.6 is 0 Å². The van der Waals surface area contributed by atoms with Crippen LogP contribution in [0.1, 0.15) is 35.9 Å². The van der Waals surface area contributed by atoms with Crippen molar-refractivity contribution in [2.75, 3.05) is 25.5 Å². The molecule has 0 saturated carbocycles. The number of aliphatic hydroxyl groups is 1. The Balaban J connectivity index is 0.00000134. The molecule has 25 heavy (non-hydrogen) atoms. The Morgan fingerprint density at radius 3 is 2.08 bits per heavy atom. The standard InChI is InChI=1S/C17H20N2O2.C3H7.W/c1-19(2)15-10-8-14(9-11-15)17(21)18-12-16(20)13-6-4-3-5-7-13;1-3-2;/h3-11,16,20H,12H2,1-2H3,(H,18,21);3H,1-2H3;/q;-1;. The van der Waals surface area contributed by atoms with Gasteiger partial charge in [-0.1, -0.05) is 30.3 Å². The van der Waals surface area contributed by atoms with Crippen molar-refractivity contribution < 1.29 is 31.0 Å². The van der Waals surface area contributed by atoms with Crippen molar-refractivity contribution in [3.05, 3.63) is 72.1 Å². The molecule has 0 aliphatic heterocycles. The van der Waals surface area contributed by atoms with Crippen LogP contribution in [0.15, 0.2) is 54.6 Å². The third kappa shape index (κ3) is 8.33. The fraction of sp³-hybridized carbons (Fsp3) is 0.300. The van der Waals surface area contributed by atoms with Gasteiger partial charge in [0.1, 0.15) is 0 Å². The molecular weight excluding hydrogens is 484 g/mol. The molecule has 136 valence electrons. The summed E-state index contributed by atoms with van der Waals surface area (Å²) in [5, 5.41) is 12.8. The van der Waals surface area contributed by atoms with Gasteiger partial charge in [-0.3, -0.25) is 4.79 Å². The number of amides is 1. The van der Waals surface area contributed by atoms with E-state index in [1.165, 1.54) is 0 Å². The molecule has 0 heterocycles. The van der Waals surface area contributed by atoms with E-state index in [1.54, 1.807) is 12.1 Å². The second kappa shape index (κ2) is 12.7. The number of carbonyl (C=O) groups is 1. The Morgan fingerprint density at radius 2 is 1.60 bits per heavy atom. The summed E-state index contributed by atoms with van der Waals surface area (Å²) >= 11 is 0. The van der Waals surface area contributed by atoms with Crippen molar-refractivity contribution in [2.24, 2.45) is 0 Å². The minimum absolute atomic E-state index is 0. The normalized spacial score (nSPS) is 10.6. The first-order valence-corrected chi connectivity index (χ1v) is 8.02. The van der Waals surface area contributed by atoms with Crippen molar-refractivity contribution in [1.29, 1.82) is 0 Å². The van der Waals surface area contributed by atoms with Gasteiger partial charge in [0, 0.05) is 53.0 Å². The third-order valence-corrected chi connectivity index (χ3v) is 3.29. The van der Waals surface area contributed by atoms with Crippen LogP contribution in [0.4, 0.5) is 5.69 Å². The van der Waals surface area contributed by atoms with Crippen LogP contribution < -0.4 is 10.2 Å². The average molecular weight is 511 g/mol. The number of rotatable bonds is 5. The van der Waals surface area contributed by atoms with Crippen LogP contribution in [0, 0.1) is 6.42 Å². The van der Waals surface area contributed by atoms with E-state index < -0.39 is 6.10 Å². The number of nitrogens with one attached hydrogen (secondary N) is 1. The number of hydrogen-bond acceptors (Lipinski definition) is 3. The molecule has 0 fully saturated rings. The minimum Gasteiger partial charge on any atom is -0.387 e. The fourth-order valence-electron chi connectivity index (χ4n) is 2.00. The molecule has 2 aromatic rings. The molecule has 0 radical (unpaired) electrons.